The van der Waals surface area contributed by atoms with Crippen molar-refractivity contribution in [3.63, 3.8) is 0 Å². The molecule has 2 aromatic carbocycles. The minimum atomic E-state index is -0.951. The molecule has 1 aliphatic heterocycles. The molecule has 0 bridgehead atoms. The Kier molecular flexibility index (Phi) is 7.98. The number of nitrogens with zero attached hydrogens (tertiary/aromatic N) is 1. The van der Waals surface area contributed by atoms with Crippen molar-refractivity contribution in [3.8, 4) is 0 Å². The molecule has 4 rings (SSSR count). The number of hydrogen-bond donors (Lipinski definition) is 3. The van der Waals surface area contributed by atoms with E-state index in [0.717, 1.165) is 42.4 Å². The molecule has 2 aliphatic rings. The number of benzene rings is 2. The average Bonchev–Trinajstić information content (AvgIpc) is 3.14. The second kappa shape index (κ2) is 10.9. The first-order valence-corrected chi connectivity index (χ1v) is 13.7. The first kappa shape index (κ1) is 27.8. The molecule has 7 nitrogen and oxygen atoms in total. The van der Waals surface area contributed by atoms with E-state index in [0.29, 0.717) is 11.5 Å². The van der Waals surface area contributed by atoms with E-state index >= 15 is 0 Å². The zero-order valence-corrected chi connectivity index (χ0v) is 23.2. The van der Waals surface area contributed by atoms with Crippen LogP contribution in [0.5, 0.6) is 0 Å². The van der Waals surface area contributed by atoms with Crippen LogP contribution in [-0.4, -0.2) is 40.0 Å². The first-order chi connectivity index (χ1) is 17.9. The second-order valence-corrected chi connectivity index (χ2v) is 12.1. The van der Waals surface area contributed by atoms with E-state index in [2.05, 4.69) is 49.3 Å². The van der Waals surface area contributed by atoms with E-state index in [9.17, 15) is 14.4 Å². The molecule has 2 amide bonds. The first-order valence-electron chi connectivity index (χ1n) is 13.7. The molecule has 0 radical (unpaired) electrons. The Morgan fingerprint density at radius 1 is 1.13 bits per heavy atom. The summed E-state index contributed by atoms with van der Waals surface area (Å²) in [6.07, 6.45) is 3.80. The van der Waals surface area contributed by atoms with Gasteiger partial charge in [0, 0.05) is 12.1 Å². The zero-order valence-electron chi connectivity index (χ0n) is 23.2. The molecule has 3 N–H and O–H groups in total. The van der Waals surface area contributed by atoms with Crippen LogP contribution in [0.25, 0.3) is 0 Å². The van der Waals surface area contributed by atoms with Crippen LogP contribution < -0.4 is 10.6 Å². The highest BCUT2D eigenvalue weighted by molar-refractivity contribution is 5.94. The molecule has 2 unspecified atom stereocenters. The van der Waals surface area contributed by atoms with E-state index in [1.807, 2.05) is 37.3 Å². The lowest BCUT2D eigenvalue weighted by atomic mass is 9.69. The number of carboxylic acids is 1. The lowest BCUT2D eigenvalue weighted by molar-refractivity contribution is -0.137. The molecule has 0 aromatic heterocycles. The lowest BCUT2D eigenvalue weighted by Crippen LogP contribution is -2.55. The molecule has 1 saturated heterocycles. The van der Waals surface area contributed by atoms with Crippen molar-refractivity contribution >= 4 is 17.8 Å². The van der Waals surface area contributed by atoms with Gasteiger partial charge in [0.05, 0.1) is 18.1 Å². The van der Waals surface area contributed by atoms with Gasteiger partial charge in [0.2, 0.25) is 5.91 Å². The van der Waals surface area contributed by atoms with Gasteiger partial charge in [-0.25, -0.2) is 0 Å². The van der Waals surface area contributed by atoms with Gasteiger partial charge in [-0.3, -0.25) is 19.7 Å². The maximum absolute atomic E-state index is 14.1. The highest BCUT2D eigenvalue weighted by atomic mass is 16.4. The molecule has 38 heavy (non-hydrogen) atoms. The van der Waals surface area contributed by atoms with Crippen molar-refractivity contribution in [3.05, 3.63) is 70.8 Å². The molecule has 2 fully saturated rings. The number of hydrogen-bond acceptors (Lipinski definition) is 4. The number of nitrogens with one attached hydrogen (secondary N) is 2. The summed E-state index contributed by atoms with van der Waals surface area (Å²) in [5.74, 6) is -0.555. The molecule has 1 heterocycles. The van der Waals surface area contributed by atoms with Crippen molar-refractivity contribution in [2.24, 2.45) is 11.3 Å². The summed E-state index contributed by atoms with van der Waals surface area (Å²) in [4.78, 5) is 39.3. The summed E-state index contributed by atoms with van der Waals surface area (Å²) in [6, 6.07) is 14.9. The van der Waals surface area contributed by atoms with E-state index in [-0.39, 0.29) is 42.3 Å². The topological polar surface area (TPSA) is 98.7 Å². The summed E-state index contributed by atoms with van der Waals surface area (Å²) in [7, 11) is 0. The van der Waals surface area contributed by atoms with Crippen LogP contribution >= 0.6 is 0 Å². The van der Waals surface area contributed by atoms with Crippen LogP contribution in [0.4, 0.5) is 0 Å². The van der Waals surface area contributed by atoms with Gasteiger partial charge in [-0.05, 0) is 74.1 Å². The van der Waals surface area contributed by atoms with Gasteiger partial charge in [0.25, 0.3) is 5.91 Å². The van der Waals surface area contributed by atoms with Crippen LogP contribution in [0.15, 0.2) is 48.5 Å². The van der Waals surface area contributed by atoms with E-state index in [1.165, 1.54) is 0 Å². The SMILES string of the molecule is Cc1cccc(C2NC3(CCC(C(C)(C)C)CC3)N(C(C)c3ccc(C(=O)NCCC(=O)O)cc3)C2=O)c1. The van der Waals surface area contributed by atoms with Crippen molar-refractivity contribution in [1.82, 2.24) is 15.5 Å². The van der Waals surface area contributed by atoms with Gasteiger partial charge in [-0.2, -0.15) is 0 Å². The van der Waals surface area contributed by atoms with Crippen molar-refractivity contribution in [2.75, 3.05) is 6.54 Å². The van der Waals surface area contributed by atoms with Crippen molar-refractivity contribution in [1.29, 1.82) is 0 Å². The fraction of sp³-hybridized carbons (Fsp3) is 0.516. The molecule has 1 spiro atoms. The van der Waals surface area contributed by atoms with Crippen LogP contribution in [0.2, 0.25) is 0 Å². The Hall–Kier alpha value is -3.19. The third-order valence-corrected chi connectivity index (χ3v) is 8.44. The standard InChI is InChI=1S/C31H41N3O4/c1-20-7-6-8-24(19-20)27-29(38)34(31(33-27)16-13-25(14-17-31)30(3,4)5)21(2)22-9-11-23(12-10-22)28(37)32-18-15-26(35)36/h6-12,19,21,25,27,33H,13-18H2,1-5H3,(H,32,37)(H,35,36). The quantitative estimate of drug-likeness (QED) is 0.457. The Morgan fingerprint density at radius 2 is 1.79 bits per heavy atom. The number of rotatable bonds is 7. The average molecular weight is 520 g/mol. The molecule has 1 aliphatic carbocycles. The van der Waals surface area contributed by atoms with Gasteiger partial charge in [-0.1, -0.05) is 62.7 Å². The smallest absolute Gasteiger partial charge is 0.305 e. The Bertz CT molecular complexity index is 1180. The highest BCUT2D eigenvalue weighted by Gasteiger charge is 2.54. The Labute approximate surface area is 226 Å². The van der Waals surface area contributed by atoms with Gasteiger partial charge >= 0.3 is 5.97 Å². The Morgan fingerprint density at radius 3 is 2.37 bits per heavy atom. The normalized spacial score (nSPS) is 24.4. The maximum atomic E-state index is 14.1. The second-order valence-electron chi connectivity index (χ2n) is 12.1. The van der Waals surface area contributed by atoms with Gasteiger partial charge in [0.15, 0.2) is 0 Å². The summed E-state index contributed by atoms with van der Waals surface area (Å²) in [5.41, 5.74) is 3.37. The third kappa shape index (κ3) is 5.78. The maximum Gasteiger partial charge on any atom is 0.305 e. The number of carbonyl (C=O) groups is 3. The summed E-state index contributed by atoms with van der Waals surface area (Å²) < 4.78 is 0. The molecular weight excluding hydrogens is 478 g/mol. The predicted octanol–water partition coefficient (Wildman–Crippen LogP) is 5.37. The van der Waals surface area contributed by atoms with Gasteiger partial charge < -0.3 is 15.3 Å². The van der Waals surface area contributed by atoms with Crippen LogP contribution in [0, 0.1) is 18.3 Å². The highest BCUT2D eigenvalue weighted by Crippen LogP contribution is 2.49. The van der Waals surface area contributed by atoms with Crippen LogP contribution in [0.3, 0.4) is 0 Å². The lowest BCUT2D eigenvalue weighted by Gasteiger charge is -2.48. The molecule has 204 valence electrons. The number of aliphatic carboxylic acids is 1. The Balaban J connectivity index is 1.59. The molecule has 1 saturated carbocycles. The van der Waals surface area contributed by atoms with E-state index in [4.69, 9.17) is 5.11 Å². The minimum absolute atomic E-state index is 0.0820. The molecular formula is C31H41N3O4. The van der Waals surface area contributed by atoms with Crippen molar-refractivity contribution in [2.45, 2.75) is 84.5 Å². The fourth-order valence-electron chi connectivity index (χ4n) is 6.18. The predicted molar refractivity (Wildman–Crippen MR) is 147 cm³/mol. The monoisotopic (exact) mass is 519 g/mol. The zero-order chi connectivity index (χ0) is 27.7. The summed E-state index contributed by atoms with van der Waals surface area (Å²) in [5, 5.41) is 15.2. The van der Waals surface area contributed by atoms with Crippen LogP contribution in [-0.2, 0) is 9.59 Å². The van der Waals surface area contributed by atoms with E-state index < -0.39 is 11.6 Å². The molecule has 7 heteroatoms. The van der Waals surface area contributed by atoms with Crippen LogP contribution in [0.1, 0.15) is 98.9 Å². The molecule has 2 atom stereocenters. The number of amides is 2. The van der Waals surface area contributed by atoms with Crippen molar-refractivity contribution < 1.29 is 19.5 Å². The minimum Gasteiger partial charge on any atom is -0.481 e. The van der Waals surface area contributed by atoms with E-state index in [1.54, 1.807) is 12.1 Å². The van der Waals surface area contributed by atoms with Gasteiger partial charge in [0.1, 0.15) is 6.04 Å². The largest absolute Gasteiger partial charge is 0.481 e. The number of carboxylic acid groups (broad SMARTS) is 1. The summed E-state index contributed by atoms with van der Waals surface area (Å²) in [6.45, 7) is 11.1. The van der Waals surface area contributed by atoms with Gasteiger partial charge in [-0.15, -0.1) is 0 Å². The molecule has 2 aromatic rings. The number of carbonyl (C=O) groups excluding carboxylic acids is 2. The summed E-state index contributed by atoms with van der Waals surface area (Å²) >= 11 is 0. The number of aryl methyl sites for hydroxylation is 1. The third-order valence-electron chi connectivity index (χ3n) is 8.44. The fourth-order valence-corrected chi connectivity index (χ4v) is 6.18.